The first-order valence-electron chi connectivity index (χ1n) is 20.2. The summed E-state index contributed by atoms with van der Waals surface area (Å²) in [5, 5.41) is 11.4. The van der Waals surface area contributed by atoms with E-state index in [1.807, 2.05) is 0 Å². The molecule has 2 heterocycles. The van der Waals surface area contributed by atoms with Crippen LogP contribution >= 0.6 is 11.6 Å². The van der Waals surface area contributed by atoms with Gasteiger partial charge in [0.2, 0.25) is 0 Å². The van der Waals surface area contributed by atoms with Crippen LogP contribution in [-0.2, 0) is 17.8 Å². The number of anilines is 2. The maximum absolute atomic E-state index is 13.4. The molecular weight excluding hydrogens is 538 g/mol. The second-order valence-corrected chi connectivity index (χ2v) is 8.55. The summed E-state index contributed by atoms with van der Waals surface area (Å²) in [6, 6.07) is -6.79. The molecule has 0 aliphatic rings. The monoisotopic (exact) mass is 586 g/mol. The number of carbonyl (C=O) groups is 1. The highest BCUT2D eigenvalue weighted by Gasteiger charge is 2.16. The van der Waals surface area contributed by atoms with Crippen LogP contribution in [0.1, 0.15) is 52.7 Å². The molecule has 0 spiro atoms. The number of ether oxygens (including phenoxy) is 2. The molecule has 1 N–H and O–H groups in total. The fraction of sp³-hybridized carbons (Fsp3) is 0.250. The molecule has 2 aromatic heterocycles. The highest BCUT2D eigenvalue weighted by Crippen LogP contribution is 2.36. The van der Waals surface area contributed by atoms with Crippen LogP contribution in [0.2, 0.25) is 5.02 Å². The maximum Gasteiger partial charge on any atom is 0.159 e. The Morgan fingerprint density at radius 2 is 2.07 bits per heavy atom. The largest absolute Gasteiger partial charge is 0.494 e. The molecule has 0 aliphatic heterocycles. The van der Waals surface area contributed by atoms with Crippen molar-refractivity contribution in [3.8, 4) is 17.6 Å². The first-order valence-corrected chi connectivity index (χ1v) is 12.0. The van der Waals surface area contributed by atoms with Crippen LogP contribution in [0.5, 0.6) is 11.5 Å². The van der Waals surface area contributed by atoms with Crippen molar-refractivity contribution in [3.05, 3.63) is 94.2 Å². The van der Waals surface area contributed by atoms with Gasteiger partial charge in [-0.15, -0.1) is 0 Å². The second-order valence-electron chi connectivity index (χ2n) is 8.17. The lowest BCUT2D eigenvalue weighted by atomic mass is 10.0. The van der Waals surface area contributed by atoms with E-state index in [4.69, 9.17) is 43.0 Å². The first kappa shape index (κ1) is 14.4. The number of nitriles is 1. The van der Waals surface area contributed by atoms with Crippen molar-refractivity contribution in [2.45, 2.75) is 26.8 Å². The summed E-state index contributed by atoms with van der Waals surface area (Å²) in [5.74, 6) is -2.89. The van der Waals surface area contributed by atoms with Gasteiger partial charge in [0, 0.05) is 50.2 Å². The Morgan fingerprint density at radius 1 is 1.24 bits per heavy atom. The number of fused-ring (bicyclic) bond motifs is 1. The van der Waals surface area contributed by atoms with Gasteiger partial charge in [-0.05, 0) is 70.2 Å². The molecule has 0 radical (unpaired) electrons. The lowest BCUT2D eigenvalue weighted by Crippen LogP contribution is -2.11. The summed E-state index contributed by atoms with van der Waals surface area (Å²) in [4.78, 5) is 22.1. The fourth-order valence-corrected chi connectivity index (χ4v) is 3.37. The van der Waals surface area contributed by atoms with E-state index in [0.717, 1.165) is 11.8 Å². The minimum atomic E-state index is -3.11. The minimum Gasteiger partial charge on any atom is -0.494 e. The zero-order chi connectivity index (χ0) is 44.3. The standard InChI is InChI=1S/C32H32ClN5O3/c1-5-40-31-17-29-27(15-22(31)14-26(39)10-7-13-38(3)4)32(23(18-34)19-35-29)37-24-11-12-30(28(33)16-24)41-20-25-9-6-8-21(2)36-25/h6-12,15-17,19H,5,13-14,20H2,1-4H3,(H,35,37)/b10-7+/i5D2,6D,7D,8D,9D,10D,11D,12D,13D2,15D,16D,17D,19D,20D2. The molecule has 0 atom stereocenters. The highest BCUT2D eigenvalue weighted by molar-refractivity contribution is 6.32. The van der Waals surface area contributed by atoms with Crippen LogP contribution in [0.15, 0.2) is 66.6 Å². The van der Waals surface area contributed by atoms with Crippen molar-refractivity contribution < 1.29 is 37.6 Å². The van der Waals surface area contributed by atoms with Crippen molar-refractivity contribution in [1.29, 1.82) is 5.26 Å². The number of rotatable bonds is 12. The van der Waals surface area contributed by atoms with E-state index in [-0.39, 0.29) is 5.69 Å². The molecule has 0 saturated carbocycles. The Morgan fingerprint density at radius 3 is 2.83 bits per heavy atom. The number of carbonyl (C=O) groups excluding carboxylic acids is 1. The third-order valence-corrected chi connectivity index (χ3v) is 5.14. The Hall–Kier alpha value is -4.45. The molecule has 0 fully saturated rings. The SMILES string of the molecule is [2H]/C(C(=O)Cc1c(OC([2H])([2H])C)c([2H])c2nc([2H])c(C#N)c(Nc3c([2H])c([2H])c(OC([2H])([2H])c4nc(C)c([2H])c([2H])c4[2H])c(Cl)c3[2H])c2c1[2H])=C(/[2H])C([2H])([2H])N(C)C. The summed E-state index contributed by atoms with van der Waals surface area (Å²) in [5.41, 5.74) is -3.97. The average Bonchev–Trinajstić information content (AvgIpc) is 3.13. The molecule has 0 amide bonds. The Balaban J connectivity index is 2.00. The number of nitrogens with one attached hydrogen (secondary N) is 1. The molecule has 0 aliphatic carbocycles. The summed E-state index contributed by atoms with van der Waals surface area (Å²) >= 11 is 6.42. The lowest BCUT2D eigenvalue weighted by molar-refractivity contribution is -0.114. The molecule has 2 aromatic carbocycles. The number of hydrogen-bond acceptors (Lipinski definition) is 8. The summed E-state index contributed by atoms with van der Waals surface area (Å²) in [7, 11) is 2.52. The van der Waals surface area contributed by atoms with Gasteiger partial charge in [0.25, 0.3) is 0 Å². The van der Waals surface area contributed by atoms with Crippen LogP contribution < -0.4 is 14.8 Å². The smallest absolute Gasteiger partial charge is 0.159 e. The zero-order valence-corrected chi connectivity index (χ0v) is 22.9. The second kappa shape index (κ2) is 13.8. The predicted molar refractivity (Wildman–Crippen MR) is 162 cm³/mol. The van der Waals surface area contributed by atoms with Gasteiger partial charge in [-0.25, -0.2) is 0 Å². The van der Waals surface area contributed by atoms with Gasteiger partial charge in [0.15, 0.2) is 5.78 Å². The molecule has 0 bridgehead atoms. The minimum absolute atomic E-state index is 0.122. The number of nitrogens with zero attached hydrogens (tertiary/aromatic N) is 4. The van der Waals surface area contributed by atoms with Gasteiger partial charge in [-0.1, -0.05) is 23.7 Å². The van der Waals surface area contributed by atoms with E-state index in [1.165, 1.54) is 21.0 Å². The number of aromatic nitrogens is 2. The maximum atomic E-state index is 13.4. The molecule has 4 rings (SSSR count). The molecule has 210 valence electrons. The quantitative estimate of drug-likeness (QED) is 0.190. The third kappa shape index (κ3) is 7.82. The number of likely N-dealkylation sites (N-methyl/N-ethyl adjacent to an activating group) is 1. The summed E-state index contributed by atoms with van der Waals surface area (Å²) < 4.78 is 153. The van der Waals surface area contributed by atoms with E-state index >= 15 is 0 Å². The molecule has 9 heteroatoms. The number of aryl methyl sites for hydroxylation is 1. The van der Waals surface area contributed by atoms with E-state index in [9.17, 15) is 11.4 Å². The fourth-order valence-electron chi connectivity index (χ4n) is 3.19. The van der Waals surface area contributed by atoms with Crippen molar-refractivity contribution in [1.82, 2.24) is 14.9 Å². The van der Waals surface area contributed by atoms with Crippen molar-refractivity contribution in [3.63, 3.8) is 0 Å². The number of ketones is 1. The first-order chi connectivity index (χ1) is 26.5. The third-order valence-electron chi connectivity index (χ3n) is 4.87. The van der Waals surface area contributed by atoms with Crippen LogP contribution in [0.4, 0.5) is 11.4 Å². The number of hydrogen-bond donors (Lipinski definition) is 1. The molecular formula is C32H32ClN5O3. The number of halogens is 1. The predicted octanol–water partition coefficient (Wildman–Crippen LogP) is 6.41. The summed E-state index contributed by atoms with van der Waals surface area (Å²) in [6.07, 6.45) is -1.88. The van der Waals surface area contributed by atoms with E-state index < -0.39 is 154 Å². The van der Waals surface area contributed by atoms with Crippen molar-refractivity contribution in [2.24, 2.45) is 0 Å². The summed E-state index contributed by atoms with van der Waals surface area (Å²) in [6.45, 7) is -6.05. The van der Waals surface area contributed by atoms with Crippen LogP contribution in [0.3, 0.4) is 0 Å². The van der Waals surface area contributed by atoms with Gasteiger partial charge in [-0.3, -0.25) is 14.8 Å². The Labute approximate surface area is 269 Å². The molecule has 0 unspecified atom stereocenters. The lowest BCUT2D eigenvalue weighted by Gasteiger charge is -2.16. The highest BCUT2D eigenvalue weighted by atomic mass is 35.5. The van der Waals surface area contributed by atoms with Gasteiger partial charge in [-0.2, -0.15) is 5.26 Å². The zero-order valence-electron chi connectivity index (χ0n) is 39.1. The van der Waals surface area contributed by atoms with Crippen molar-refractivity contribution in [2.75, 3.05) is 32.5 Å². The topological polar surface area (TPSA) is 100 Å². The molecule has 41 heavy (non-hydrogen) atoms. The normalized spacial score (nSPS) is 18.6. The van der Waals surface area contributed by atoms with Crippen LogP contribution in [-0.4, -0.2) is 47.8 Å². The van der Waals surface area contributed by atoms with E-state index in [2.05, 4.69) is 15.3 Å². The number of allylic oxidation sites excluding steroid dienone is 1. The Kier molecular flexibility index (Phi) is 4.84. The van der Waals surface area contributed by atoms with Gasteiger partial charge in [0.05, 0.1) is 54.6 Å². The number of pyridine rings is 2. The van der Waals surface area contributed by atoms with Crippen LogP contribution in [0, 0.1) is 18.3 Å². The van der Waals surface area contributed by atoms with Crippen LogP contribution in [0.25, 0.3) is 10.9 Å². The van der Waals surface area contributed by atoms with Gasteiger partial charge in [0.1, 0.15) is 24.1 Å². The van der Waals surface area contributed by atoms with Gasteiger partial charge >= 0.3 is 0 Å². The Bertz CT molecular complexity index is 2440. The number of benzene rings is 2. The van der Waals surface area contributed by atoms with Crippen molar-refractivity contribution >= 4 is 39.7 Å². The average molecular weight is 587 g/mol. The molecule has 8 nitrogen and oxygen atoms in total. The van der Waals surface area contributed by atoms with Gasteiger partial charge < -0.3 is 19.7 Å². The van der Waals surface area contributed by atoms with E-state index in [1.54, 1.807) is 6.07 Å². The van der Waals surface area contributed by atoms with E-state index in [0.29, 0.717) is 0 Å². The molecule has 0 saturated heterocycles. The molecule has 4 aromatic rings.